The van der Waals surface area contributed by atoms with Crippen molar-refractivity contribution in [2.45, 2.75) is 63.4 Å². The smallest absolute Gasteiger partial charge is 0.330 e. The van der Waals surface area contributed by atoms with E-state index in [1.165, 1.54) is 19.1 Å². The number of aromatic amines is 1. The molecule has 0 saturated carbocycles. The molecule has 3 rings (SSSR count). The standard InChI is InChI=1S/C22H27F3N3O9PS/c1-11(2)35-19(32)12(3)27-38(39,37-13-7-5-4-6-8-13)34-10-22(20(24)25)16(30)15(29)18(36-22)28-9-14(23)17(31)26-21(28)33/h4-9,11-12,15-16,18,20,29-30H,10H2,1-3H3,(H,27,39)(H,26,31,33)/t12-,15+,16-,18+,22+,38?/m0/s1. The highest BCUT2D eigenvalue weighted by molar-refractivity contribution is 8.09. The number of rotatable bonds is 11. The minimum absolute atomic E-state index is 0.157. The van der Waals surface area contributed by atoms with Crippen molar-refractivity contribution in [2.75, 3.05) is 6.61 Å². The Morgan fingerprint density at radius 1 is 1.26 bits per heavy atom. The van der Waals surface area contributed by atoms with Crippen LogP contribution in [0, 0.1) is 5.82 Å². The fraction of sp³-hybridized carbons (Fsp3) is 0.500. The number of ether oxygens (including phenoxy) is 2. The predicted molar refractivity (Wildman–Crippen MR) is 133 cm³/mol. The zero-order valence-corrected chi connectivity index (χ0v) is 22.5. The maximum absolute atomic E-state index is 14.4. The van der Waals surface area contributed by atoms with Crippen LogP contribution in [0.4, 0.5) is 13.2 Å². The molecule has 1 fully saturated rings. The zero-order valence-electron chi connectivity index (χ0n) is 20.8. The zero-order chi connectivity index (χ0) is 29.1. The number of carbonyl (C=O) groups excluding carboxylic acids is 1. The molecule has 0 amide bonds. The highest BCUT2D eigenvalue weighted by Crippen LogP contribution is 2.49. The van der Waals surface area contributed by atoms with Crippen molar-refractivity contribution in [3.8, 4) is 5.75 Å². The minimum Gasteiger partial charge on any atom is -0.462 e. The van der Waals surface area contributed by atoms with Crippen molar-refractivity contribution >= 4 is 24.4 Å². The molecule has 39 heavy (non-hydrogen) atoms. The van der Waals surface area contributed by atoms with E-state index in [0.29, 0.717) is 10.8 Å². The third kappa shape index (κ3) is 6.95. The van der Waals surface area contributed by atoms with E-state index in [0.717, 1.165) is 0 Å². The molecule has 2 aromatic rings. The van der Waals surface area contributed by atoms with E-state index in [1.54, 1.807) is 37.0 Å². The van der Waals surface area contributed by atoms with Gasteiger partial charge >= 0.3 is 18.3 Å². The maximum Gasteiger partial charge on any atom is 0.330 e. The van der Waals surface area contributed by atoms with Crippen LogP contribution in [0.1, 0.15) is 27.0 Å². The summed E-state index contributed by atoms with van der Waals surface area (Å²) in [6, 6.07) is 6.72. The van der Waals surface area contributed by atoms with Gasteiger partial charge in [0, 0.05) is 0 Å². The molecule has 1 aromatic carbocycles. The minimum atomic E-state index is -3.89. The van der Waals surface area contributed by atoms with Crippen LogP contribution < -0.4 is 20.9 Å². The van der Waals surface area contributed by atoms with E-state index >= 15 is 0 Å². The van der Waals surface area contributed by atoms with Gasteiger partial charge in [-0.05, 0) is 44.7 Å². The Labute approximate surface area is 224 Å². The Balaban J connectivity index is 1.92. The van der Waals surface area contributed by atoms with Gasteiger partial charge in [0.05, 0.1) is 18.9 Å². The van der Waals surface area contributed by atoms with Crippen LogP contribution in [0.15, 0.2) is 46.1 Å². The summed E-state index contributed by atoms with van der Waals surface area (Å²) in [5.41, 5.74) is -5.67. The van der Waals surface area contributed by atoms with Crippen LogP contribution in [0.2, 0.25) is 0 Å². The summed E-state index contributed by atoms with van der Waals surface area (Å²) in [4.78, 5) is 37.5. The van der Waals surface area contributed by atoms with Gasteiger partial charge in [0.2, 0.25) is 5.82 Å². The molecule has 12 nitrogen and oxygen atoms in total. The van der Waals surface area contributed by atoms with Gasteiger partial charge in [0.25, 0.3) is 12.0 Å². The van der Waals surface area contributed by atoms with Crippen LogP contribution in [0.5, 0.6) is 5.75 Å². The second-order valence-corrected chi connectivity index (χ2v) is 12.0. The number of carbonyl (C=O) groups is 1. The van der Waals surface area contributed by atoms with Gasteiger partial charge in [-0.3, -0.25) is 19.1 Å². The number of hydrogen-bond donors (Lipinski definition) is 4. The lowest BCUT2D eigenvalue weighted by Gasteiger charge is -2.34. The van der Waals surface area contributed by atoms with Gasteiger partial charge in [0.15, 0.2) is 11.8 Å². The molecule has 17 heteroatoms. The molecule has 4 N–H and O–H groups in total. The van der Waals surface area contributed by atoms with Crippen molar-refractivity contribution in [3.63, 3.8) is 0 Å². The van der Waals surface area contributed by atoms with E-state index < -0.39 is 78.9 Å². The first kappa shape index (κ1) is 30.9. The molecule has 1 aromatic heterocycles. The summed E-state index contributed by atoms with van der Waals surface area (Å²) >= 11 is 5.47. The van der Waals surface area contributed by atoms with Crippen molar-refractivity contribution < 1.29 is 46.7 Å². The molecule has 1 saturated heterocycles. The first-order valence-corrected chi connectivity index (χ1v) is 14.1. The number of H-pyrrole nitrogens is 1. The second kappa shape index (κ2) is 12.3. The van der Waals surface area contributed by atoms with E-state index in [4.69, 9.17) is 30.3 Å². The van der Waals surface area contributed by atoms with Gasteiger partial charge in [0.1, 0.15) is 24.0 Å². The first-order valence-electron chi connectivity index (χ1n) is 11.5. The molecule has 1 unspecified atom stereocenters. The Morgan fingerprint density at radius 2 is 1.90 bits per heavy atom. The number of para-hydroxylation sites is 1. The number of nitrogens with zero attached hydrogens (tertiary/aromatic N) is 1. The summed E-state index contributed by atoms with van der Waals surface area (Å²) in [6.45, 7) is -0.487. The van der Waals surface area contributed by atoms with E-state index in [9.17, 15) is 37.8 Å². The Bertz CT molecular complexity index is 1330. The monoisotopic (exact) mass is 597 g/mol. The summed E-state index contributed by atoms with van der Waals surface area (Å²) < 4.78 is 64.7. The van der Waals surface area contributed by atoms with Crippen LogP contribution in [-0.4, -0.2) is 68.7 Å². The van der Waals surface area contributed by atoms with E-state index in [1.807, 2.05) is 0 Å². The Hall–Kier alpha value is -2.59. The van der Waals surface area contributed by atoms with Gasteiger partial charge < -0.3 is 28.7 Å². The molecule has 1 aliphatic rings. The van der Waals surface area contributed by atoms with E-state index in [2.05, 4.69) is 5.09 Å². The van der Waals surface area contributed by atoms with Gasteiger partial charge in [-0.1, -0.05) is 18.2 Å². The van der Waals surface area contributed by atoms with Crippen LogP contribution in [-0.2, 0) is 30.6 Å². The van der Waals surface area contributed by atoms with Crippen molar-refractivity contribution in [1.29, 1.82) is 0 Å². The van der Waals surface area contributed by atoms with Crippen LogP contribution in [0.25, 0.3) is 0 Å². The number of aliphatic hydroxyl groups is 2. The second-order valence-electron chi connectivity index (χ2n) is 8.85. The summed E-state index contributed by atoms with van der Waals surface area (Å²) in [6.07, 6.45) is -10.3. The van der Waals surface area contributed by atoms with E-state index in [-0.39, 0.29) is 5.75 Å². The summed E-state index contributed by atoms with van der Waals surface area (Å²) in [5.74, 6) is -2.05. The largest absolute Gasteiger partial charge is 0.462 e. The topological polar surface area (TPSA) is 161 Å². The maximum atomic E-state index is 14.4. The number of esters is 1. The molecule has 0 radical (unpaired) electrons. The molecule has 0 spiro atoms. The molecule has 0 aliphatic carbocycles. The van der Waals surface area contributed by atoms with Crippen LogP contribution >= 0.6 is 6.64 Å². The molecular weight excluding hydrogens is 570 g/mol. The molecule has 2 heterocycles. The van der Waals surface area contributed by atoms with Crippen molar-refractivity contribution in [1.82, 2.24) is 14.6 Å². The number of hydrogen-bond acceptors (Lipinski definition) is 10. The molecular formula is C22H27F3N3O9PS. The number of alkyl halides is 2. The highest BCUT2D eigenvalue weighted by Gasteiger charge is 2.61. The molecule has 6 atom stereocenters. The fourth-order valence-electron chi connectivity index (χ4n) is 3.56. The Morgan fingerprint density at radius 3 is 2.49 bits per heavy atom. The number of benzene rings is 1. The lowest BCUT2D eigenvalue weighted by Crippen LogP contribution is -2.53. The molecule has 216 valence electrons. The molecule has 0 bridgehead atoms. The lowest BCUT2D eigenvalue weighted by atomic mass is 9.96. The molecule has 1 aliphatic heterocycles. The number of aliphatic hydroxyl groups excluding tert-OH is 2. The fourth-order valence-corrected chi connectivity index (χ4v) is 5.98. The summed E-state index contributed by atoms with van der Waals surface area (Å²) in [5, 5.41) is 23.7. The average Bonchev–Trinajstić information content (AvgIpc) is 3.11. The van der Waals surface area contributed by atoms with Gasteiger partial charge in [-0.15, -0.1) is 0 Å². The number of aromatic nitrogens is 2. The first-order chi connectivity index (χ1) is 18.2. The Kier molecular flexibility index (Phi) is 9.75. The normalized spacial score (nSPS) is 25.4. The van der Waals surface area contributed by atoms with Crippen molar-refractivity contribution in [2.24, 2.45) is 0 Å². The third-order valence-corrected chi connectivity index (χ3v) is 7.99. The summed E-state index contributed by atoms with van der Waals surface area (Å²) in [7, 11) is 0. The highest BCUT2D eigenvalue weighted by atomic mass is 32.5. The number of nitrogens with one attached hydrogen (secondary N) is 2. The predicted octanol–water partition coefficient (Wildman–Crippen LogP) is 1.18. The SMILES string of the molecule is CC(C)OC(=O)[C@H](C)NP(=S)(OC[C@@]1(C(F)F)O[C@@H](n2cc(F)c(=O)[nH]c2=O)[C@H](O)[C@@H]1O)Oc1ccccc1. The quantitative estimate of drug-likeness (QED) is 0.218. The average molecular weight is 598 g/mol. The van der Waals surface area contributed by atoms with Crippen molar-refractivity contribution in [3.05, 3.63) is 63.2 Å². The third-order valence-electron chi connectivity index (χ3n) is 5.51. The number of halogens is 3. The van der Waals surface area contributed by atoms with Gasteiger partial charge in [-0.25, -0.2) is 18.7 Å². The lowest BCUT2D eigenvalue weighted by molar-refractivity contribution is -0.192. The van der Waals surface area contributed by atoms with Crippen LogP contribution in [0.3, 0.4) is 0 Å². The van der Waals surface area contributed by atoms with Gasteiger partial charge in [-0.2, -0.15) is 4.39 Å².